The maximum atomic E-state index is 12.9. The van der Waals surface area contributed by atoms with E-state index in [-0.39, 0.29) is 34.2 Å². The molecule has 0 radical (unpaired) electrons. The normalized spacial score (nSPS) is 26.0. The maximum Gasteiger partial charge on any atom is 0.342 e. The van der Waals surface area contributed by atoms with E-state index < -0.39 is 40.4 Å². The number of ether oxygens (including phenoxy) is 1. The third kappa shape index (κ3) is 2.10. The molecule has 28 heavy (non-hydrogen) atoms. The molecule has 2 aromatic carbocycles. The minimum Gasteiger partial charge on any atom is -0.507 e. The van der Waals surface area contributed by atoms with Gasteiger partial charge in [-0.1, -0.05) is 0 Å². The molecule has 0 saturated heterocycles. The molecule has 146 valence electrons. The van der Waals surface area contributed by atoms with Crippen LogP contribution in [0, 0.1) is 0 Å². The van der Waals surface area contributed by atoms with Crippen molar-refractivity contribution < 1.29 is 34.4 Å². The monoisotopic (exact) mass is 384 g/mol. The zero-order valence-electron chi connectivity index (χ0n) is 15.9. The van der Waals surface area contributed by atoms with E-state index in [0.717, 1.165) is 6.92 Å². The number of cyclic esters (lactones) is 1. The number of hydrogen-bond donors (Lipinski definition) is 3. The Morgan fingerprint density at radius 3 is 2.36 bits per heavy atom. The van der Waals surface area contributed by atoms with E-state index in [1.165, 1.54) is 6.07 Å². The van der Waals surface area contributed by atoms with Crippen molar-refractivity contribution in [2.24, 2.45) is 0 Å². The summed E-state index contributed by atoms with van der Waals surface area (Å²) in [6.07, 6.45) is -0.233. The lowest BCUT2D eigenvalue weighted by molar-refractivity contribution is -0.137. The Bertz CT molecular complexity index is 1110. The molecule has 2 aliphatic rings. The minimum absolute atomic E-state index is 0.0498. The summed E-state index contributed by atoms with van der Waals surface area (Å²) in [6, 6.07) is 2.86. The number of carbonyl (C=O) groups excluding carboxylic acids is 3. The third-order valence-corrected chi connectivity index (χ3v) is 5.84. The second-order valence-corrected chi connectivity index (χ2v) is 8.27. The van der Waals surface area contributed by atoms with Gasteiger partial charge in [0.05, 0.1) is 11.0 Å². The van der Waals surface area contributed by atoms with Crippen molar-refractivity contribution in [3.8, 4) is 11.5 Å². The molecule has 7 heteroatoms. The highest BCUT2D eigenvalue weighted by atomic mass is 16.5. The van der Waals surface area contributed by atoms with Crippen molar-refractivity contribution in [3.63, 3.8) is 0 Å². The van der Waals surface area contributed by atoms with Gasteiger partial charge in [0, 0.05) is 11.8 Å². The summed E-state index contributed by atoms with van der Waals surface area (Å²) in [6.45, 7) is 5.94. The number of aromatic hydroxyl groups is 2. The summed E-state index contributed by atoms with van der Waals surface area (Å²) in [7, 11) is 0. The van der Waals surface area contributed by atoms with Gasteiger partial charge in [-0.15, -0.1) is 0 Å². The summed E-state index contributed by atoms with van der Waals surface area (Å²) in [5.74, 6) is -2.97. The smallest absolute Gasteiger partial charge is 0.342 e. The van der Waals surface area contributed by atoms with Gasteiger partial charge in [0.1, 0.15) is 23.2 Å². The number of phenols is 2. The second-order valence-electron chi connectivity index (χ2n) is 8.27. The molecule has 7 nitrogen and oxygen atoms in total. The molecule has 4 rings (SSSR count). The molecule has 0 bridgehead atoms. The summed E-state index contributed by atoms with van der Waals surface area (Å²) < 4.78 is 5.16. The highest BCUT2D eigenvalue weighted by molar-refractivity contribution is 6.26. The van der Waals surface area contributed by atoms with Gasteiger partial charge < -0.3 is 20.1 Å². The molecule has 0 amide bonds. The number of Topliss-reactive ketones (excluding diaryl/α,β-unsaturated/α-hetero) is 2. The Kier molecular flexibility index (Phi) is 3.50. The van der Waals surface area contributed by atoms with E-state index in [1.54, 1.807) is 26.8 Å². The molecule has 0 saturated carbocycles. The van der Waals surface area contributed by atoms with Crippen LogP contribution < -0.4 is 0 Å². The number of hydrogen-bond acceptors (Lipinski definition) is 7. The van der Waals surface area contributed by atoms with Gasteiger partial charge in [0.2, 0.25) is 5.78 Å². The van der Waals surface area contributed by atoms with Crippen LogP contribution in [0.4, 0.5) is 0 Å². The van der Waals surface area contributed by atoms with Gasteiger partial charge in [-0.3, -0.25) is 9.59 Å². The van der Waals surface area contributed by atoms with E-state index in [9.17, 15) is 29.7 Å². The number of benzene rings is 2. The fraction of sp³-hybridized carbons (Fsp3) is 0.381. The average Bonchev–Trinajstić information content (AvgIpc) is 2.58. The molecule has 0 fully saturated rings. The number of phenolic OH excluding ortho intramolecular Hbond substituents is 2. The van der Waals surface area contributed by atoms with E-state index in [0.29, 0.717) is 10.9 Å². The predicted octanol–water partition coefficient (Wildman–Crippen LogP) is 2.15. The van der Waals surface area contributed by atoms with E-state index in [1.807, 2.05) is 0 Å². The van der Waals surface area contributed by atoms with Crippen molar-refractivity contribution in [2.45, 2.75) is 51.2 Å². The van der Waals surface area contributed by atoms with Gasteiger partial charge in [-0.25, -0.2) is 4.79 Å². The van der Waals surface area contributed by atoms with E-state index in [2.05, 4.69) is 0 Å². The summed E-state index contributed by atoms with van der Waals surface area (Å²) in [4.78, 5) is 37.9. The number of fused-ring (bicyclic) bond motifs is 4. The van der Waals surface area contributed by atoms with E-state index in [4.69, 9.17) is 4.74 Å². The van der Waals surface area contributed by atoms with Crippen LogP contribution in [0.25, 0.3) is 10.8 Å². The molecule has 0 spiro atoms. The predicted molar refractivity (Wildman–Crippen MR) is 98.8 cm³/mol. The van der Waals surface area contributed by atoms with Crippen LogP contribution in [0.3, 0.4) is 0 Å². The molecule has 1 aliphatic carbocycles. The van der Waals surface area contributed by atoms with Gasteiger partial charge in [-0.05, 0) is 56.3 Å². The topological polar surface area (TPSA) is 121 Å². The Balaban J connectivity index is 2.17. The zero-order chi connectivity index (χ0) is 20.8. The van der Waals surface area contributed by atoms with Crippen molar-refractivity contribution >= 4 is 28.3 Å². The Morgan fingerprint density at radius 1 is 1.07 bits per heavy atom. The number of esters is 1. The summed E-state index contributed by atoms with van der Waals surface area (Å²) in [5.41, 5.74) is -3.06. The first-order valence-corrected chi connectivity index (χ1v) is 8.97. The van der Waals surface area contributed by atoms with Crippen molar-refractivity contribution in [3.05, 3.63) is 34.4 Å². The fourth-order valence-electron chi connectivity index (χ4n) is 4.42. The molecule has 1 heterocycles. The highest BCUT2D eigenvalue weighted by Crippen LogP contribution is 2.48. The Labute approximate surface area is 160 Å². The lowest BCUT2D eigenvalue weighted by atomic mass is 9.64. The number of carbonyl (C=O) groups is 3. The van der Waals surface area contributed by atoms with Crippen LogP contribution in [0.15, 0.2) is 12.1 Å². The van der Waals surface area contributed by atoms with Crippen LogP contribution in [0.1, 0.15) is 59.5 Å². The Morgan fingerprint density at radius 2 is 1.71 bits per heavy atom. The van der Waals surface area contributed by atoms with Crippen LogP contribution >= 0.6 is 0 Å². The summed E-state index contributed by atoms with van der Waals surface area (Å²) >= 11 is 0. The summed E-state index contributed by atoms with van der Waals surface area (Å²) in [5, 5.41) is 32.6. The van der Waals surface area contributed by atoms with Crippen molar-refractivity contribution in [2.75, 3.05) is 0 Å². The maximum absolute atomic E-state index is 12.9. The SMILES string of the molecule is C[C@H]1Cc2c(c(O)cc3cc4c(c(O)c23)C(=O)[C@](C)(O)C(=O)C4(C)C)C(=O)O1. The lowest BCUT2D eigenvalue weighted by Crippen LogP contribution is -2.56. The largest absolute Gasteiger partial charge is 0.507 e. The van der Waals surface area contributed by atoms with Gasteiger partial charge >= 0.3 is 5.97 Å². The molecule has 3 N–H and O–H groups in total. The first kappa shape index (κ1) is 18.4. The first-order valence-electron chi connectivity index (χ1n) is 8.97. The number of aliphatic hydroxyl groups is 1. The first-order chi connectivity index (χ1) is 12.9. The number of rotatable bonds is 0. The van der Waals surface area contributed by atoms with Gasteiger partial charge in [0.15, 0.2) is 11.4 Å². The zero-order valence-corrected chi connectivity index (χ0v) is 15.9. The quantitative estimate of drug-likeness (QED) is 0.470. The van der Waals surface area contributed by atoms with Crippen LogP contribution in [-0.2, 0) is 21.4 Å². The molecule has 0 unspecified atom stereocenters. The number of ketones is 2. The van der Waals surface area contributed by atoms with Crippen LogP contribution in [0.5, 0.6) is 11.5 Å². The third-order valence-electron chi connectivity index (χ3n) is 5.84. The highest BCUT2D eigenvalue weighted by Gasteiger charge is 2.54. The Hall–Kier alpha value is -2.93. The molecule has 2 aromatic rings. The molecule has 0 aromatic heterocycles. The minimum atomic E-state index is -2.27. The fourth-order valence-corrected chi connectivity index (χ4v) is 4.42. The van der Waals surface area contributed by atoms with Gasteiger partial charge in [-0.2, -0.15) is 0 Å². The van der Waals surface area contributed by atoms with E-state index >= 15 is 0 Å². The van der Waals surface area contributed by atoms with Crippen LogP contribution in [0.2, 0.25) is 0 Å². The molecule has 1 aliphatic heterocycles. The molecular weight excluding hydrogens is 364 g/mol. The van der Waals surface area contributed by atoms with Crippen molar-refractivity contribution in [1.29, 1.82) is 0 Å². The van der Waals surface area contributed by atoms with Crippen molar-refractivity contribution in [1.82, 2.24) is 0 Å². The standard InChI is InChI=1S/C21H20O7/c1-8-5-10-13-9(7-12(22)14(10)18(25)28-8)6-11-15(16(13)23)17(24)21(4,27)19(26)20(11,2)3/h6-8,22-23,27H,5H2,1-4H3/t8-,21-/m0/s1. The molecular formula is C21H20O7. The van der Waals surface area contributed by atoms with Crippen LogP contribution in [-0.4, -0.2) is 44.6 Å². The molecule has 2 atom stereocenters. The second kappa shape index (κ2) is 5.32. The lowest BCUT2D eigenvalue weighted by Gasteiger charge is -2.39. The average molecular weight is 384 g/mol. The van der Waals surface area contributed by atoms with Gasteiger partial charge in [0.25, 0.3) is 0 Å².